The number of hydrogen-bond donors (Lipinski definition) is 0. The number of carbonyl (C=O) groups excluding carboxylic acids is 1. The lowest BCUT2D eigenvalue weighted by molar-refractivity contribution is -0.130. The lowest BCUT2D eigenvalue weighted by Crippen LogP contribution is -2.38. The second-order valence-electron chi connectivity index (χ2n) is 6.55. The smallest absolute Gasteiger partial charge is 0.303 e. The average molecular weight is 220 g/mol. The minimum absolute atomic E-state index is 0.0208. The maximum atomic E-state index is 11.9. The average Bonchev–Trinajstić information content (AvgIpc) is 2.35. The van der Waals surface area contributed by atoms with Crippen LogP contribution in [0.2, 0.25) is 0 Å². The van der Waals surface area contributed by atoms with Gasteiger partial charge in [0.25, 0.3) is 6.54 Å². The summed E-state index contributed by atoms with van der Waals surface area (Å²) in [5.74, 6) is 0.0291. The van der Waals surface area contributed by atoms with Crippen LogP contribution >= 0.6 is 0 Å². The van der Waals surface area contributed by atoms with Crippen molar-refractivity contribution in [2.24, 2.45) is 10.8 Å². The molecule has 3 nitrogen and oxygen atoms in total. The highest BCUT2D eigenvalue weighted by Gasteiger charge is 2.51. The van der Waals surface area contributed by atoms with Crippen molar-refractivity contribution in [1.29, 1.82) is 0 Å². The summed E-state index contributed by atoms with van der Waals surface area (Å²) in [6.45, 7) is 14.5. The normalized spacial score (nSPS) is 35.9. The molecule has 1 aliphatic carbocycles. The van der Waals surface area contributed by atoms with Crippen LogP contribution in [0.5, 0.6) is 0 Å². The Morgan fingerprint density at radius 3 is 2.75 bits per heavy atom. The van der Waals surface area contributed by atoms with Crippen LogP contribution in [0.1, 0.15) is 40.0 Å². The summed E-state index contributed by atoms with van der Waals surface area (Å²) < 4.78 is 0. The Balaban J connectivity index is 2.17. The maximum Gasteiger partial charge on any atom is 0.303 e. The lowest BCUT2D eigenvalue weighted by atomic mass is 9.65. The molecule has 2 rings (SSSR count). The van der Waals surface area contributed by atoms with Gasteiger partial charge in [-0.3, -0.25) is 4.79 Å². The SMILES string of the molecule is [C-]#[N+]CC(=O)N1CC2(C)CC1CC(C)(C)C2. The van der Waals surface area contributed by atoms with Gasteiger partial charge in [0.1, 0.15) is 0 Å². The molecule has 0 radical (unpaired) electrons. The van der Waals surface area contributed by atoms with Gasteiger partial charge in [-0.15, -0.1) is 0 Å². The second-order valence-corrected chi connectivity index (χ2v) is 6.55. The molecule has 2 atom stereocenters. The number of rotatable bonds is 1. The van der Waals surface area contributed by atoms with Crippen molar-refractivity contribution in [3.05, 3.63) is 11.4 Å². The van der Waals surface area contributed by atoms with Crippen LogP contribution in [0.3, 0.4) is 0 Å². The number of amides is 1. The van der Waals surface area contributed by atoms with Gasteiger partial charge in [-0.1, -0.05) is 20.8 Å². The molecule has 0 N–H and O–H groups in total. The molecule has 2 unspecified atom stereocenters. The van der Waals surface area contributed by atoms with Gasteiger partial charge in [0, 0.05) is 12.6 Å². The minimum Gasteiger partial charge on any atom is -0.333 e. The topological polar surface area (TPSA) is 24.7 Å². The van der Waals surface area contributed by atoms with Crippen LogP contribution in [0.15, 0.2) is 0 Å². The largest absolute Gasteiger partial charge is 0.333 e. The third-order valence-electron chi connectivity index (χ3n) is 3.95. The Morgan fingerprint density at radius 2 is 2.12 bits per heavy atom. The Morgan fingerprint density at radius 1 is 1.44 bits per heavy atom. The highest BCUT2D eigenvalue weighted by Crippen LogP contribution is 2.52. The van der Waals surface area contributed by atoms with Crippen LogP contribution in [0.4, 0.5) is 0 Å². The van der Waals surface area contributed by atoms with Crippen molar-refractivity contribution in [1.82, 2.24) is 4.90 Å². The van der Waals surface area contributed by atoms with Gasteiger partial charge >= 0.3 is 5.91 Å². The van der Waals surface area contributed by atoms with E-state index in [1.54, 1.807) is 0 Å². The molecular formula is C13H20N2O. The van der Waals surface area contributed by atoms with E-state index in [2.05, 4.69) is 25.6 Å². The molecule has 0 spiro atoms. The lowest BCUT2D eigenvalue weighted by Gasteiger charge is -2.39. The van der Waals surface area contributed by atoms with Gasteiger partial charge in [-0.25, -0.2) is 6.57 Å². The Kier molecular flexibility index (Phi) is 2.49. The molecule has 16 heavy (non-hydrogen) atoms. The first kappa shape index (κ1) is 11.4. The third kappa shape index (κ3) is 1.93. The first-order chi connectivity index (χ1) is 7.35. The van der Waals surface area contributed by atoms with Crippen LogP contribution in [0, 0.1) is 17.4 Å². The summed E-state index contributed by atoms with van der Waals surface area (Å²) in [4.78, 5) is 17.0. The molecular weight excluding hydrogens is 200 g/mol. The fraction of sp³-hybridized carbons (Fsp3) is 0.846. The van der Waals surface area contributed by atoms with E-state index in [-0.39, 0.29) is 17.9 Å². The van der Waals surface area contributed by atoms with E-state index in [1.807, 2.05) is 4.90 Å². The Hall–Kier alpha value is -1.04. The van der Waals surface area contributed by atoms with E-state index >= 15 is 0 Å². The van der Waals surface area contributed by atoms with Gasteiger partial charge in [-0.05, 0) is 30.1 Å². The summed E-state index contributed by atoms with van der Waals surface area (Å²) >= 11 is 0. The van der Waals surface area contributed by atoms with Crippen LogP contribution < -0.4 is 0 Å². The molecule has 2 fully saturated rings. The highest BCUT2D eigenvalue weighted by molar-refractivity contribution is 5.80. The molecule has 1 saturated carbocycles. The summed E-state index contributed by atoms with van der Waals surface area (Å²) in [5, 5.41) is 0. The predicted octanol–water partition coefficient (Wildman–Crippen LogP) is 2.33. The third-order valence-corrected chi connectivity index (χ3v) is 3.95. The zero-order chi connectivity index (χ0) is 12.0. The van der Waals surface area contributed by atoms with E-state index in [4.69, 9.17) is 6.57 Å². The van der Waals surface area contributed by atoms with Gasteiger partial charge in [0.15, 0.2) is 0 Å². The van der Waals surface area contributed by atoms with Crippen molar-refractivity contribution < 1.29 is 4.79 Å². The summed E-state index contributed by atoms with van der Waals surface area (Å²) in [6, 6.07) is 0.378. The molecule has 0 aromatic heterocycles. The maximum absolute atomic E-state index is 11.9. The van der Waals surface area contributed by atoms with E-state index in [0.717, 1.165) is 19.4 Å². The van der Waals surface area contributed by atoms with Gasteiger partial charge < -0.3 is 9.74 Å². The van der Waals surface area contributed by atoms with Crippen LogP contribution in [0.25, 0.3) is 4.85 Å². The van der Waals surface area contributed by atoms with Gasteiger partial charge in [0.2, 0.25) is 0 Å². The van der Waals surface area contributed by atoms with E-state index in [0.29, 0.717) is 11.5 Å². The monoisotopic (exact) mass is 220 g/mol. The first-order valence-electron chi connectivity index (χ1n) is 5.98. The predicted molar refractivity (Wildman–Crippen MR) is 62.7 cm³/mol. The number of hydrogen-bond acceptors (Lipinski definition) is 1. The van der Waals surface area contributed by atoms with Gasteiger partial charge in [0.05, 0.1) is 0 Å². The van der Waals surface area contributed by atoms with Crippen molar-refractivity contribution in [2.75, 3.05) is 13.1 Å². The minimum atomic E-state index is 0.0208. The molecule has 1 heterocycles. The number of likely N-dealkylation sites (tertiary alicyclic amines) is 1. The van der Waals surface area contributed by atoms with Crippen LogP contribution in [-0.4, -0.2) is 29.9 Å². The Bertz CT molecular complexity index is 355. The molecule has 1 saturated heterocycles. The summed E-state index contributed by atoms with van der Waals surface area (Å²) in [7, 11) is 0. The van der Waals surface area contributed by atoms with Crippen molar-refractivity contribution in [2.45, 2.75) is 46.1 Å². The summed E-state index contributed by atoms with van der Waals surface area (Å²) in [5.41, 5.74) is 0.620. The fourth-order valence-electron chi connectivity index (χ4n) is 3.91. The van der Waals surface area contributed by atoms with Crippen molar-refractivity contribution in [3.63, 3.8) is 0 Å². The molecule has 2 bridgehead atoms. The molecule has 2 aliphatic rings. The standard InChI is InChI=1S/C13H20N2O/c1-12(2)5-10-6-13(3,8-12)9-15(10)11(16)7-14-4/h10H,5-9H2,1-3H3. The first-order valence-corrected chi connectivity index (χ1v) is 5.98. The summed E-state index contributed by atoms with van der Waals surface area (Å²) in [6.07, 6.45) is 3.41. The number of fused-ring (bicyclic) bond motifs is 2. The zero-order valence-corrected chi connectivity index (χ0v) is 10.4. The van der Waals surface area contributed by atoms with Crippen LogP contribution in [-0.2, 0) is 4.79 Å². The molecule has 3 heteroatoms. The molecule has 0 aromatic rings. The van der Waals surface area contributed by atoms with E-state index in [1.165, 1.54) is 6.42 Å². The molecule has 1 aliphatic heterocycles. The van der Waals surface area contributed by atoms with Crippen molar-refractivity contribution >= 4 is 5.91 Å². The number of carbonyl (C=O) groups is 1. The molecule has 0 aromatic carbocycles. The quantitative estimate of drug-likeness (QED) is 0.622. The molecule has 88 valence electrons. The highest BCUT2D eigenvalue weighted by atomic mass is 16.2. The number of nitrogens with zero attached hydrogens (tertiary/aromatic N) is 2. The Labute approximate surface area is 97.6 Å². The fourth-order valence-corrected chi connectivity index (χ4v) is 3.91. The van der Waals surface area contributed by atoms with E-state index < -0.39 is 0 Å². The van der Waals surface area contributed by atoms with Gasteiger partial charge in [-0.2, -0.15) is 0 Å². The second kappa shape index (κ2) is 3.48. The van der Waals surface area contributed by atoms with E-state index in [9.17, 15) is 4.79 Å². The molecule has 1 amide bonds. The zero-order valence-electron chi connectivity index (χ0n) is 10.4. The van der Waals surface area contributed by atoms with Crippen molar-refractivity contribution in [3.8, 4) is 0 Å².